The molecule has 0 saturated carbocycles. The van der Waals surface area contributed by atoms with Crippen LogP contribution in [0, 0.1) is 24.2 Å². The van der Waals surface area contributed by atoms with E-state index >= 15 is 0 Å². The quantitative estimate of drug-likeness (QED) is 0.899. The number of carbonyl (C=O) groups excluding carboxylic acids is 1. The lowest BCUT2D eigenvalue weighted by Gasteiger charge is -2.17. The summed E-state index contributed by atoms with van der Waals surface area (Å²) in [5, 5.41) is 13.1. The first-order chi connectivity index (χ1) is 10.6. The number of anilines is 1. The topological polar surface area (TPSA) is 52.9 Å². The SMILES string of the molecule is Cc1ccc(C(=O)Nc2sc3c(c2C#N)C[C@@H](C)CC3)cc1. The highest BCUT2D eigenvalue weighted by Crippen LogP contribution is 2.39. The minimum Gasteiger partial charge on any atom is -0.312 e. The van der Waals surface area contributed by atoms with E-state index in [-0.39, 0.29) is 5.91 Å². The Kier molecular flexibility index (Phi) is 4.00. The molecule has 0 unspecified atom stereocenters. The molecule has 0 fully saturated rings. The van der Waals surface area contributed by atoms with Gasteiger partial charge in [-0.05, 0) is 49.8 Å². The standard InChI is InChI=1S/C18H18N2OS/c1-11-3-6-13(7-4-11)17(21)20-18-15(10-19)14-9-12(2)5-8-16(14)22-18/h3-4,6-7,12H,5,8-9H2,1-2H3,(H,20,21)/t12-/m0/s1. The first kappa shape index (κ1) is 14.8. The van der Waals surface area contributed by atoms with Crippen molar-refractivity contribution >= 4 is 22.2 Å². The maximum Gasteiger partial charge on any atom is 0.256 e. The smallest absolute Gasteiger partial charge is 0.256 e. The average molecular weight is 310 g/mol. The van der Waals surface area contributed by atoms with E-state index in [0.717, 1.165) is 30.4 Å². The summed E-state index contributed by atoms with van der Waals surface area (Å²) >= 11 is 1.56. The highest BCUT2D eigenvalue weighted by Gasteiger charge is 2.24. The molecule has 112 valence electrons. The molecule has 1 amide bonds. The lowest BCUT2D eigenvalue weighted by Crippen LogP contribution is -2.12. The minimum atomic E-state index is -0.150. The number of thiophene rings is 1. The number of hydrogen-bond acceptors (Lipinski definition) is 3. The molecular weight excluding hydrogens is 292 g/mol. The van der Waals surface area contributed by atoms with E-state index in [2.05, 4.69) is 18.3 Å². The predicted octanol–water partition coefficient (Wildman–Crippen LogP) is 4.31. The Bertz CT molecular complexity index is 753. The molecule has 4 heteroatoms. The Hall–Kier alpha value is -2.12. The maximum atomic E-state index is 12.4. The Morgan fingerprint density at radius 2 is 2.09 bits per heavy atom. The summed E-state index contributed by atoms with van der Waals surface area (Å²) in [6, 6.07) is 9.75. The van der Waals surface area contributed by atoms with Gasteiger partial charge in [0.05, 0.1) is 5.56 Å². The van der Waals surface area contributed by atoms with Crippen molar-refractivity contribution in [3.63, 3.8) is 0 Å². The zero-order chi connectivity index (χ0) is 15.7. The van der Waals surface area contributed by atoms with Crippen LogP contribution in [0.4, 0.5) is 5.00 Å². The van der Waals surface area contributed by atoms with Crippen LogP contribution in [-0.4, -0.2) is 5.91 Å². The number of hydrogen-bond donors (Lipinski definition) is 1. The second-order valence-electron chi connectivity index (χ2n) is 5.99. The van der Waals surface area contributed by atoms with Gasteiger partial charge in [-0.25, -0.2) is 0 Å². The maximum absolute atomic E-state index is 12.4. The van der Waals surface area contributed by atoms with Gasteiger partial charge in [-0.3, -0.25) is 4.79 Å². The highest BCUT2D eigenvalue weighted by molar-refractivity contribution is 7.16. The Morgan fingerprint density at radius 3 is 2.77 bits per heavy atom. The van der Waals surface area contributed by atoms with Crippen LogP contribution in [0.2, 0.25) is 0 Å². The first-order valence-electron chi connectivity index (χ1n) is 7.51. The van der Waals surface area contributed by atoms with Gasteiger partial charge in [-0.1, -0.05) is 24.6 Å². The molecule has 1 aliphatic rings. The van der Waals surface area contributed by atoms with Crippen molar-refractivity contribution in [1.82, 2.24) is 0 Å². The molecule has 0 bridgehead atoms. The van der Waals surface area contributed by atoms with Crippen LogP contribution in [-0.2, 0) is 12.8 Å². The van der Waals surface area contributed by atoms with Gasteiger partial charge >= 0.3 is 0 Å². The number of nitrogens with zero attached hydrogens (tertiary/aromatic N) is 1. The van der Waals surface area contributed by atoms with E-state index in [1.54, 1.807) is 11.3 Å². The van der Waals surface area contributed by atoms with Gasteiger partial charge < -0.3 is 5.32 Å². The lowest BCUT2D eigenvalue weighted by molar-refractivity contribution is 0.102. The largest absolute Gasteiger partial charge is 0.312 e. The Labute approximate surface area is 134 Å². The zero-order valence-corrected chi connectivity index (χ0v) is 13.6. The van der Waals surface area contributed by atoms with Crippen molar-refractivity contribution in [3.8, 4) is 6.07 Å². The van der Waals surface area contributed by atoms with Gasteiger partial charge in [0, 0.05) is 10.4 Å². The number of amides is 1. The molecule has 1 atom stereocenters. The van der Waals surface area contributed by atoms with Crippen molar-refractivity contribution in [1.29, 1.82) is 5.26 Å². The van der Waals surface area contributed by atoms with Crippen LogP contribution in [0.1, 0.15) is 45.3 Å². The van der Waals surface area contributed by atoms with Crippen molar-refractivity contribution in [2.45, 2.75) is 33.1 Å². The van der Waals surface area contributed by atoms with Crippen molar-refractivity contribution in [3.05, 3.63) is 51.4 Å². The number of carbonyl (C=O) groups is 1. The fourth-order valence-electron chi connectivity index (χ4n) is 2.84. The number of nitrogens with one attached hydrogen (secondary N) is 1. The highest BCUT2D eigenvalue weighted by atomic mass is 32.1. The van der Waals surface area contributed by atoms with Crippen LogP contribution >= 0.6 is 11.3 Å². The molecule has 22 heavy (non-hydrogen) atoms. The van der Waals surface area contributed by atoms with Crippen LogP contribution < -0.4 is 5.32 Å². The molecule has 3 rings (SSSR count). The molecular formula is C18H18N2OS. The molecule has 1 aliphatic carbocycles. The number of rotatable bonds is 2. The predicted molar refractivity (Wildman–Crippen MR) is 89.4 cm³/mol. The van der Waals surface area contributed by atoms with Crippen LogP contribution in [0.15, 0.2) is 24.3 Å². The van der Waals surface area contributed by atoms with Crippen molar-refractivity contribution < 1.29 is 4.79 Å². The molecule has 0 spiro atoms. The molecule has 1 N–H and O–H groups in total. The summed E-state index contributed by atoms with van der Waals surface area (Å²) in [5.74, 6) is 0.456. The summed E-state index contributed by atoms with van der Waals surface area (Å²) in [6.07, 6.45) is 3.11. The van der Waals surface area contributed by atoms with Gasteiger partial charge in [-0.15, -0.1) is 11.3 Å². The summed E-state index contributed by atoms with van der Waals surface area (Å²) in [6.45, 7) is 4.20. The van der Waals surface area contributed by atoms with Gasteiger partial charge in [0.1, 0.15) is 11.1 Å². The summed E-state index contributed by atoms with van der Waals surface area (Å²) < 4.78 is 0. The van der Waals surface area contributed by atoms with E-state index < -0.39 is 0 Å². The molecule has 0 radical (unpaired) electrons. The van der Waals surface area contributed by atoms with Crippen LogP contribution in [0.5, 0.6) is 0 Å². The van der Waals surface area contributed by atoms with Gasteiger partial charge in [0.25, 0.3) is 5.91 Å². The van der Waals surface area contributed by atoms with Crippen molar-refractivity contribution in [2.75, 3.05) is 5.32 Å². The molecule has 0 saturated heterocycles. The minimum absolute atomic E-state index is 0.150. The summed E-state index contributed by atoms with van der Waals surface area (Å²) in [5.41, 5.74) is 3.54. The fraction of sp³-hybridized carbons (Fsp3) is 0.333. The van der Waals surface area contributed by atoms with Crippen LogP contribution in [0.25, 0.3) is 0 Å². The van der Waals surface area contributed by atoms with E-state index in [4.69, 9.17) is 0 Å². The summed E-state index contributed by atoms with van der Waals surface area (Å²) in [7, 11) is 0. The molecule has 1 heterocycles. The monoisotopic (exact) mass is 310 g/mol. The second-order valence-corrected chi connectivity index (χ2v) is 7.09. The number of benzene rings is 1. The molecule has 2 aromatic rings. The van der Waals surface area contributed by atoms with Gasteiger partial charge in [0.2, 0.25) is 0 Å². The van der Waals surface area contributed by atoms with E-state index in [1.807, 2.05) is 31.2 Å². The summed E-state index contributed by atoms with van der Waals surface area (Å²) in [4.78, 5) is 13.6. The first-order valence-corrected chi connectivity index (χ1v) is 8.32. The van der Waals surface area contributed by atoms with E-state index in [9.17, 15) is 10.1 Å². The van der Waals surface area contributed by atoms with E-state index in [0.29, 0.717) is 22.0 Å². The number of aryl methyl sites for hydroxylation is 2. The number of nitriles is 1. The third kappa shape index (κ3) is 2.77. The number of fused-ring (bicyclic) bond motifs is 1. The molecule has 3 nitrogen and oxygen atoms in total. The normalized spacial score (nSPS) is 16.7. The average Bonchev–Trinajstić information content (AvgIpc) is 2.84. The zero-order valence-electron chi connectivity index (χ0n) is 12.8. The molecule has 0 aliphatic heterocycles. The second kappa shape index (κ2) is 5.94. The third-order valence-electron chi connectivity index (χ3n) is 4.16. The fourth-order valence-corrected chi connectivity index (χ4v) is 4.03. The lowest BCUT2D eigenvalue weighted by atomic mass is 9.88. The van der Waals surface area contributed by atoms with Crippen LogP contribution in [0.3, 0.4) is 0 Å². The molecule has 1 aromatic heterocycles. The van der Waals surface area contributed by atoms with Gasteiger partial charge in [0.15, 0.2) is 0 Å². The molecule has 1 aromatic carbocycles. The van der Waals surface area contributed by atoms with E-state index in [1.165, 1.54) is 4.88 Å². The Morgan fingerprint density at radius 1 is 1.36 bits per heavy atom. The third-order valence-corrected chi connectivity index (χ3v) is 5.37. The van der Waals surface area contributed by atoms with Crippen molar-refractivity contribution in [2.24, 2.45) is 5.92 Å². The Balaban J connectivity index is 1.88. The van der Waals surface area contributed by atoms with Gasteiger partial charge in [-0.2, -0.15) is 5.26 Å².